The lowest BCUT2D eigenvalue weighted by molar-refractivity contribution is -0.126. The molecule has 0 amide bonds. The molecule has 1 atom stereocenters. The number of Topliss-reactive ketones (excluding diaryl/α,β-unsaturated/α-hetero) is 1. The second kappa shape index (κ2) is 5.08. The average Bonchev–Trinajstić information content (AvgIpc) is 1.86. The highest BCUT2D eigenvalue weighted by molar-refractivity contribution is 5.84. The van der Waals surface area contributed by atoms with Crippen LogP contribution >= 0.6 is 0 Å². The smallest absolute Gasteiger partial charge is 0.165 e. The quantitative estimate of drug-likeness (QED) is 0.615. The van der Waals surface area contributed by atoms with Gasteiger partial charge in [0.1, 0.15) is 6.10 Å². The van der Waals surface area contributed by atoms with E-state index >= 15 is 0 Å². The summed E-state index contributed by atoms with van der Waals surface area (Å²) >= 11 is 0. The Bertz CT molecular complexity index is 150. The minimum Gasteiger partial charge on any atom is -0.385 e. The Kier molecular flexibility index (Phi) is 4.79. The van der Waals surface area contributed by atoms with E-state index in [1.165, 1.54) is 0 Å². The Morgan fingerprint density at radius 3 is 2.55 bits per heavy atom. The lowest BCUT2D eigenvalue weighted by atomic mass is 10.0. The van der Waals surface area contributed by atoms with Crippen LogP contribution in [0.25, 0.3) is 0 Å². The van der Waals surface area contributed by atoms with Gasteiger partial charge in [-0.25, -0.2) is 0 Å². The van der Waals surface area contributed by atoms with Crippen LogP contribution in [-0.2, 0) is 4.79 Å². The van der Waals surface area contributed by atoms with Crippen LogP contribution in [0.5, 0.6) is 0 Å². The first-order chi connectivity index (χ1) is 5.07. The molecule has 2 nitrogen and oxygen atoms in total. The number of ketones is 1. The van der Waals surface area contributed by atoms with E-state index < -0.39 is 6.10 Å². The van der Waals surface area contributed by atoms with Crippen LogP contribution in [0.2, 0.25) is 0 Å². The minimum atomic E-state index is -0.781. The highest BCUT2D eigenvalue weighted by Gasteiger charge is 2.12. The predicted molar refractivity (Wildman–Crippen MR) is 45.4 cm³/mol. The van der Waals surface area contributed by atoms with Gasteiger partial charge >= 0.3 is 0 Å². The first-order valence-corrected chi connectivity index (χ1v) is 3.93. The standard InChI is InChI=1S/C9H16O2/c1-4-5-8(10)9(11)6-7(2)3/h8,10H,2,4-6H2,1,3H3. The fraction of sp³-hybridized carbons (Fsp3) is 0.667. The van der Waals surface area contributed by atoms with Crippen LogP contribution in [-0.4, -0.2) is 17.0 Å². The van der Waals surface area contributed by atoms with Crippen molar-refractivity contribution in [2.75, 3.05) is 0 Å². The summed E-state index contributed by atoms with van der Waals surface area (Å²) in [6.45, 7) is 7.34. The van der Waals surface area contributed by atoms with Crippen molar-refractivity contribution in [3.63, 3.8) is 0 Å². The maximum atomic E-state index is 11.0. The molecule has 0 radical (unpaired) electrons. The molecule has 0 saturated carbocycles. The molecule has 0 aromatic heterocycles. The van der Waals surface area contributed by atoms with E-state index in [1.54, 1.807) is 6.92 Å². The SMILES string of the molecule is C=C(C)CC(=O)C(O)CCC. The normalized spacial score (nSPS) is 12.6. The summed E-state index contributed by atoms with van der Waals surface area (Å²) < 4.78 is 0. The van der Waals surface area contributed by atoms with Crippen molar-refractivity contribution in [2.24, 2.45) is 0 Å². The van der Waals surface area contributed by atoms with Gasteiger partial charge in [0.05, 0.1) is 0 Å². The molecule has 0 bridgehead atoms. The molecular formula is C9H16O2. The van der Waals surface area contributed by atoms with Gasteiger partial charge in [0.2, 0.25) is 0 Å². The van der Waals surface area contributed by atoms with Gasteiger partial charge in [0.25, 0.3) is 0 Å². The fourth-order valence-electron chi connectivity index (χ4n) is 0.850. The monoisotopic (exact) mass is 156 g/mol. The number of hydrogen-bond acceptors (Lipinski definition) is 2. The minimum absolute atomic E-state index is 0.112. The Hall–Kier alpha value is -0.630. The van der Waals surface area contributed by atoms with Crippen molar-refractivity contribution < 1.29 is 9.90 Å². The third kappa shape index (κ3) is 4.73. The molecule has 0 heterocycles. The van der Waals surface area contributed by atoms with Crippen molar-refractivity contribution in [3.05, 3.63) is 12.2 Å². The van der Waals surface area contributed by atoms with Crippen LogP contribution in [0.15, 0.2) is 12.2 Å². The molecule has 1 N–H and O–H groups in total. The van der Waals surface area contributed by atoms with Gasteiger partial charge in [-0.1, -0.05) is 25.5 Å². The molecule has 0 aliphatic heterocycles. The van der Waals surface area contributed by atoms with E-state index in [9.17, 15) is 9.90 Å². The van der Waals surface area contributed by atoms with Gasteiger partial charge in [-0.2, -0.15) is 0 Å². The topological polar surface area (TPSA) is 37.3 Å². The molecule has 0 spiro atoms. The average molecular weight is 156 g/mol. The molecule has 2 heteroatoms. The first kappa shape index (κ1) is 10.4. The number of hydrogen-bond donors (Lipinski definition) is 1. The molecular weight excluding hydrogens is 140 g/mol. The Morgan fingerprint density at radius 1 is 1.64 bits per heavy atom. The van der Waals surface area contributed by atoms with Crippen LogP contribution in [0, 0.1) is 0 Å². The van der Waals surface area contributed by atoms with E-state index in [0.29, 0.717) is 12.8 Å². The number of rotatable bonds is 5. The molecule has 0 aliphatic carbocycles. The van der Waals surface area contributed by atoms with Gasteiger partial charge < -0.3 is 5.11 Å². The third-order valence-corrected chi connectivity index (χ3v) is 1.41. The summed E-state index contributed by atoms with van der Waals surface area (Å²) in [6, 6.07) is 0. The third-order valence-electron chi connectivity index (χ3n) is 1.41. The van der Waals surface area contributed by atoms with Crippen molar-refractivity contribution in [1.29, 1.82) is 0 Å². The zero-order chi connectivity index (χ0) is 8.85. The highest BCUT2D eigenvalue weighted by atomic mass is 16.3. The van der Waals surface area contributed by atoms with Crippen LogP contribution in [0.4, 0.5) is 0 Å². The van der Waals surface area contributed by atoms with Crippen molar-refractivity contribution in [2.45, 2.75) is 39.2 Å². The van der Waals surface area contributed by atoms with Gasteiger partial charge in [-0.3, -0.25) is 4.79 Å². The van der Waals surface area contributed by atoms with E-state index in [-0.39, 0.29) is 5.78 Å². The summed E-state index contributed by atoms with van der Waals surface area (Å²) in [5, 5.41) is 9.18. The van der Waals surface area contributed by atoms with E-state index in [4.69, 9.17) is 0 Å². The summed E-state index contributed by atoms with van der Waals surface area (Å²) in [7, 11) is 0. The Balaban J connectivity index is 3.73. The second-order valence-electron chi connectivity index (χ2n) is 2.90. The zero-order valence-electron chi connectivity index (χ0n) is 7.26. The van der Waals surface area contributed by atoms with E-state index in [0.717, 1.165) is 12.0 Å². The van der Waals surface area contributed by atoms with E-state index in [2.05, 4.69) is 6.58 Å². The molecule has 0 aromatic rings. The van der Waals surface area contributed by atoms with Crippen LogP contribution < -0.4 is 0 Å². The molecule has 0 aromatic carbocycles. The van der Waals surface area contributed by atoms with Gasteiger partial charge in [-0.05, 0) is 13.3 Å². The number of aliphatic hydroxyl groups is 1. The molecule has 0 saturated heterocycles. The largest absolute Gasteiger partial charge is 0.385 e. The molecule has 11 heavy (non-hydrogen) atoms. The number of allylic oxidation sites excluding steroid dienone is 1. The highest BCUT2D eigenvalue weighted by Crippen LogP contribution is 2.04. The van der Waals surface area contributed by atoms with Gasteiger partial charge in [-0.15, -0.1) is 0 Å². The number of carbonyl (C=O) groups excluding carboxylic acids is 1. The molecule has 0 rings (SSSR count). The van der Waals surface area contributed by atoms with Crippen molar-refractivity contribution in [1.82, 2.24) is 0 Å². The van der Waals surface area contributed by atoms with Crippen LogP contribution in [0.3, 0.4) is 0 Å². The maximum absolute atomic E-state index is 11.0. The summed E-state index contributed by atoms with van der Waals surface area (Å²) in [4.78, 5) is 11.0. The number of aliphatic hydroxyl groups excluding tert-OH is 1. The second-order valence-corrected chi connectivity index (χ2v) is 2.90. The summed E-state index contributed by atoms with van der Waals surface area (Å²) in [6.07, 6.45) is 0.924. The Labute approximate surface area is 67.9 Å². The zero-order valence-corrected chi connectivity index (χ0v) is 7.26. The summed E-state index contributed by atoms with van der Waals surface area (Å²) in [5.41, 5.74) is 0.810. The fourth-order valence-corrected chi connectivity index (χ4v) is 0.850. The predicted octanol–water partition coefficient (Wildman–Crippen LogP) is 1.68. The molecule has 1 unspecified atom stereocenters. The van der Waals surface area contributed by atoms with Gasteiger partial charge in [0, 0.05) is 6.42 Å². The lowest BCUT2D eigenvalue weighted by Gasteiger charge is -2.06. The Morgan fingerprint density at radius 2 is 2.18 bits per heavy atom. The lowest BCUT2D eigenvalue weighted by Crippen LogP contribution is -2.19. The number of carbonyl (C=O) groups is 1. The van der Waals surface area contributed by atoms with Crippen LogP contribution in [0.1, 0.15) is 33.1 Å². The molecule has 0 aliphatic rings. The van der Waals surface area contributed by atoms with Crippen molar-refractivity contribution >= 4 is 5.78 Å². The molecule has 0 fully saturated rings. The van der Waals surface area contributed by atoms with Crippen molar-refractivity contribution in [3.8, 4) is 0 Å². The first-order valence-electron chi connectivity index (χ1n) is 3.93. The van der Waals surface area contributed by atoms with Gasteiger partial charge in [0.15, 0.2) is 5.78 Å². The summed E-state index contributed by atoms with van der Waals surface area (Å²) in [5.74, 6) is -0.112. The molecule has 64 valence electrons. The maximum Gasteiger partial charge on any atom is 0.165 e. The van der Waals surface area contributed by atoms with E-state index in [1.807, 2.05) is 6.92 Å².